The highest BCUT2D eigenvalue weighted by Gasteiger charge is 2.11. The summed E-state index contributed by atoms with van der Waals surface area (Å²) in [7, 11) is 1.60. The first-order valence-corrected chi connectivity index (χ1v) is 8.68. The third-order valence-corrected chi connectivity index (χ3v) is 4.16. The highest BCUT2D eigenvalue weighted by Crippen LogP contribution is 2.24. The second kappa shape index (κ2) is 8.39. The predicted octanol–water partition coefficient (Wildman–Crippen LogP) is -0.736. The van der Waals surface area contributed by atoms with Gasteiger partial charge in [0.15, 0.2) is 0 Å². The third-order valence-electron chi connectivity index (χ3n) is 4.16. The first-order valence-electron chi connectivity index (χ1n) is 8.68. The van der Waals surface area contributed by atoms with Crippen molar-refractivity contribution in [1.82, 2.24) is 5.32 Å². The number of ether oxygens (including phenoxy) is 1. The number of hydrogen-bond acceptors (Lipinski definition) is 5. The highest BCUT2D eigenvalue weighted by molar-refractivity contribution is 5.81. The summed E-state index contributed by atoms with van der Waals surface area (Å²) in [4.78, 5) is 25.4. The number of carbonyl (C=O) groups excluding carboxylic acids is 2. The fourth-order valence-corrected chi connectivity index (χ4v) is 2.75. The van der Waals surface area contributed by atoms with Gasteiger partial charge in [0, 0.05) is 5.56 Å². The van der Waals surface area contributed by atoms with E-state index < -0.39 is 18.4 Å². The molecule has 0 aliphatic carbocycles. The van der Waals surface area contributed by atoms with Crippen LogP contribution >= 0.6 is 0 Å². The number of aryl methyl sites for hydroxylation is 1. The highest BCUT2D eigenvalue weighted by atomic mass is 16.5. The van der Waals surface area contributed by atoms with Gasteiger partial charge in [0.1, 0.15) is 17.1 Å². The Morgan fingerprint density at radius 2 is 1.89 bits per heavy atom. The second-order valence-corrected chi connectivity index (χ2v) is 6.25. The number of rotatable bonds is 6. The van der Waals surface area contributed by atoms with Crippen molar-refractivity contribution in [3.63, 3.8) is 0 Å². The molecule has 0 saturated heterocycles. The van der Waals surface area contributed by atoms with Crippen LogP contribution in [0.3, 0.4) is 0 Å². The lowest BCUT2D eigenvalue weighted by Gasteiger charge is -2.05. The van der Waals surface area contributed by atoms with E-state index in [1.54, 1.807) is 7.11 Å². The Balaban J connectivity index is 2.03. The summed E-state index contributed by atoms with van der Waals surface area (Å²) >= 11 is 0. The topological polar surface area (TPSA) is 106 Å². The molecule has 3 aromatic rings. The number of aliphatic carboxylic acids is 1. The van der Waals surface area contributed by atoms with Crippen LogP contribution in [0, 0.1) is 6.92 Å². The Kier molecular flexibility index (Phi) is 5.74. The maximum atomic E-state index is 11.8. The number of methoxy groups -OCH3 is 1. The van der Waals surface area contributed by atoms with Gasteiger partial charge < -0.3 is 24.4 Å². The fourth-order valence-electron chi connectivity index (χ4n) is 2.75. The number of hydrogen-bond donors (Lipinski definition) is 2. The van der Waals surface area contributed by atoms with Crippen molar-refractivity contribution in [3.05, 3.63) is 59.5 Å². The Morgan fingerprint density at radius 3 is 2.57 bits per heavy atom. The van der Waals surface area contributed by atoms with E-state index in [4.69, 9.17) is 9.15 Å². The van der Waals surface area contributed by atoms with Gasteiger partial charge in [0.25, 0.3) is 5.91 Å². The molecule has 0 unspecified atom stereocenters. The van der Waals surface area contributed by atoms with Crippen LogP contribution in [0.1, 0.15) is 5.56 Å². The maximum Gasteiger partial charge on any atom is 0.285 e. The van der Waals surface area contributed by atoms with Gasteiger partial charge in [-0.2, -0.15) is 0 Å². The van der Waals surface area contributed by atoms with Crippen molar-refractivity contribution in [3.8, 4) is 17.1 Å². The normalized spacial score (nSPS) is 11.4. The first kappa shape index (κ1) is 19.2. The SMILES string of the molecule is COc1ccc(-c2cc(=[NH+]CC(=O)NCC(=O)[O-])c3cc(C)ccc3o2)cc1. The monoisotopic (exact) mass is 380 g/mol. The maximum absolute atomic E-state index is 11.8. The summed E-state index contributed by atoms with van der Waals surface area (Å²) in [5, 5.41) is 14.3. The predicted molar refractivity (Wildman–Crippen MR) is 99.9 cm³/mol. The van der Waals surface area contributed by atoms with Crippen LogP contribution < -0.4 is 25.5 Å². The summed E-state index contributed by atoms with van der Waals surface area (Å²) in [6.07, 6.45) is 0. The van der Waals surface area contributed by atoms with Gasteiger partial charge in [0.2, 0.25) is 11.9 Å². The molecule has 28 heavy (non-hydrogen) atoms. The van der Waals surface area contributed by atoms with E-state index in [9.17, 15) is 14.7 Å². The molecule has 0 fully saturated rings. The summed E-state index contributed by atoms with van der Waals surface area (Å²) in [5.41, 5.74) is 2.56. The van der Waals surface area contributed by atoms with Crippen LogP contribution in [-0.2, 0) is 9.59 Å². The van der Waals surface area contributed by atoms with Gasteiger partial charge in [-0.3, -0.25) is 4.79 Å². The van der Waals surface area contributed by atoms with Crippen molar-refractivity contribution in [2.45, 2.75) is 6.92 Å². The van der Waals surface area contributed by atoms with Crippen molar-refractivity contribution in [2.75, 3.05) is 20.2 Å². The van der Waals surface area contributed by atoms with Crippen LogP contribution in [0.15, 0.2) is 52.9 Å². The average molecular weight is 380 g/mol. The summed E-state index contributed by atoms with van der Waals surface area (Å²) < 4.78 is 11.2. The van der Waals surface area contributed by atoms with Crippen LogP contribution in [0.5, 0.6) is 5.75 Å². The molecule has 1 aromatic heterocycles. The molecule has 0 bridgehead atoms. The quantitative estimate of drug-likeness (QED) is 0.586. The molecule has 0 saturated carbocycles. The number of fused-ring (bicyclic) bond motifs is 1. The molecule has 2 aromatic carbocycles. The van der Waals surface area contributed by atoms with E-state index in [0.717, 1.165) is 22.3 Å². The number of carboxylic acid groups (broad SMARTS) is 1. The Hall–Kier alpha value is -3.61. The molecule has 0 radical (unpaired) electrons. The van der Waals surface area contributed by atoms with Gasteiger partial charge in [-0.05, 0) is 43.3 Å². The third kappa shape index (κ3) is 4.56. The van der Waals surface area contributed by atoms with E-state index in [1.807, 2.05) is 55.5 Å². The standard InChI is InChI=1S/C21H20N2O5/c1-13-3-8-18-16(9-13)17(22-11-20(24)23-12-21(25)26)10-19(28-18)14-4-6-15(27-2)7-5-14/h3-10H,11-12H2,1-2H3,(H,23,24)(H,25,26). The van der Waals surface area contributed by atoms with Crippen LogP contribution in [-0.4, -0.2) is 32.1 Å². The summed E-state index contributed by atoms with van der Waals surface area (Å²) in [6.45, 7) is 1.36. The second-order valence-electron chi connectivity index (χ2n) is 6.25. The van der Waals surface area contributed by atoms with Crippen molar-refractivity contribution in [2.24, 2.45) is 0 Å². The number of nitrogens with one attached hydrogen (secondary N) is 2. The van der Waals surface area contributed by atoms with Crippen LogP contribution in [0.25, 0.3) is 22.3 Å². The minimum atomic E-state index is -1.34. The Morgan fingerprint density at radius 1 is 1.14 bits per heavy atom. The number of carbonyl (C=O) groups is 2. The molecule has 3 rings (SSSR count). The molecule has 7 nitrogen and oxygen atoms in total. The van der Waals surface area contributed by atoms with E-state index >= 15 is 0 Å². The van der Waals surface area contributed by atoms with Crippen LogP contribution in [0.2, 0.25) is 0 Å². The average Bonchev–Trinajstić information content (AvgIpc) is 2.70. The fraction of sp³-hybridized carbons (Fsp3) is 0.190. The molecular formula is C21H20N2O5. The smallest absolute Gasteiger partial charge is 0.285 e. The zero-order chi connectivity index (χ0) is 20.1. The minimum absolute atomic E-state index is 0.0810. The Bertz CT molecular complexity index is 1080. The number of carboxylic acids is 1. The van der Waals surface area contributed by atoms with Crippen LogP contribution in [0.4, 0.5) is 0 Å². The largest absolute Gasteiger partial charge is 0.548 e. The zero-order valence-electron chi connectivity index (χ0n) is 15.6. The van der Waals surface area contributed by atoms with E-state index in [-0.39, 0.29) is 6.54 Å². The number of benzene rings is 2. The molecule has 0 aliphatic rings. The molecular weight excluding hydrogens is 360 g/mol. The molecule has 1 heterocycles. The lowest BCUT2D eigenvalue weighted by Crippen LogP contribution is -2.79. The van der Waals surface area contributed by atoms with Gasteiger partial charge in [-0.1, -0.05) is 11.6 Å². The van der Waals surface area contributed by atoms with E-state index in [2.05, 4.69) is 10.3 Å². The van der Waals surface area contributed by atoms with Crippen molar-refractivity contribution < 1.29 is 28.8 Å². The Labute approximate surface area is 161 Å². The molecule has 1 amide bonds. The van der Waals surface area contributed by atoms with Gasteiger partial charge in [0.05, 0.1) is 31.1 Å². The van der Waals surface area contributed by atoms with E-state index in [0.29, 0.717) is 16.7 Å². The molecule has 0 atom stereocenters. The summed E-state index contributed by atoms with van der Waals surface area (Å²) in [6, 6.07) is 15.0. The molecule has 144 valence electrons. The van der Waals surface area contributed by atoms with Crippen molar-refractivity contribution >= 4 is 22.8 Å². The number of amides is 1. The lowest BCUT2D eigenvalue weighted by atomic mass is 10.1. The van der Waals surface area contributed by atoms with E-state index in [1.165, 1.54) is 0 Å². The zero-order valence-corrected chi connectivity index (χ0v) is 15.6. The van der Waals surface area contributed by atoms with Gasteiger partial charge in [-0.15, -0.1) is 0 Å². The van der Waals surface area contributed by atoms with Gasteiger partial charge >= 0.3 is 0 Å². The molecule has 0 spiro atoms. The minimum Gasteiger partial charge on any atom is -0.548 e. The first-order chi connectivity index (χ1) is 13.5. The van der Waals surface area contributed by atoms with Crippen molar-refractivity contribution in [1.29, 1.82) is 0 Å². The summed E-state index contributed by atoms with van der Waals surface area (Å²) in [5.74, 6) is -0.425. The lowest BCUT2D eigenvalue weighted by molar-refractivity contribution is -0.486. The van der Waals surface area contributed by atoms with Gasteiger partial charge in [-0.25, -0.2) is 4.99 Å². The molecule has 2 N–H and O–H groups in total. The molecule has 7 heteroatoms. The molecule has 0 aliphatic heterocycles.